The maximum Gasteiger partial charge on any atom is 0.225 e. The van der Waals surface area contributed by atoms with E-state index in [4.69, 9.17) is 0 Å². The van der Waals surface area contributed by atoms with Crippen LogP contribution in [-0.2, 0) is 18.3 Å². The Kier molecular flexibility index (Phi) is 4.34. The molecule has 0 unspecified atom stereocenters. The van der Waals surface area contributed by atoms with Crippen LogP contribution in [0.3, 0.4) is 0 Å². The van der Waals surface area contributed by atoms with Crippen molar-refractivity contribution in [3.63, 3.8) is 0 Å². The number of aromatic hydroxyl groups is 1. The largest absolute Gasteiger partial charge is 0.508 e. The average Bonchev–Trinajstić information content (AvgIpc) is 2.91. The summed E-state index contributed by atoms with van der Waals surface area (Å²) in [5.41, 5.74) is 1.54. The van der Waals surface area contributed by atoms with Crippen LogP contribution >= 0.6 is 0 Å². The average molecular weight is 315 g/mol. The van der Waals surface area contributed by atoms with E-state index in [0.717, 1.165) is 5.56 Å². The van der Waals surface area contributed by atoms with Crippen LogP contribution in [0.5, 0.6) is 5.75 Å². The van der Waals surface area contributed by atoms with Gasteiger partial charge in [0.05, 0.1) is 24.8 Å². The van der Waals surface area contributed by atoms with Crippen LogP contribution in [0.2, 0.25) is 0 Å². The first-order valence-corrected chi connectivity index (χ1v) is 7.76. The predicted octanol–water partition coefficient (Wildman–Crippen LogP) is 1.30. The molecule has 0 aliphatic heterocycles. The minimum atomic E-state index is -0.283. The summed E-state index contributed by atoms with van der Waals surface area (Å²) in [4.78, 5) is 12.4. The molecule has 1 saturated carbocycles. The van der Waals surface area contributed by atoms with Crippen molar-refractivity contribution < 1.29 is 15.0 Å². The molecule has 6 heteroatoms. The number of nitrogens with zero attached hydrogens (tertiary/aromatic N) is 2. The van der Waals surface area contributed by atoms with E-state index in [0.29, 0.717) is 18.4 Å². The second-order valence-corrected chi connectivity index (χ2v) is 6.18. The van der Waals surface area contributed by atoms with Crippen molar-refractivity contribution in [2.75, 3.05) is 0 Å². The van der Waals surface area contributed by atoms with Gasteiger partial charge >= 0.3 is 0 Å². The number of hydrogen-bond donors (Lipinski definition) is 3. The topological polar surface area (TPSA) is 87.4 Å². The number of hydrogen-bond acceptors (Lipinski definition) is 4. The highest BCUT2D eigenvalue weighted by molar-refractivity contribution is 5.79. The Hall–Kier alpha value is -2.34. The normalized spacial score (nSPS) is 21.5. The van der Waals surface area contributed by atoms with Gasteiger partial charge in [-0.25, -0.2) is 0 Å². The Morgan fingerprint density at radius 1 is 1.43 bits per heavy atom. The summed E-state index contributed by atoms with van der Waals surface area (Å²) in [6.45, 7) is 0. The molecule has 3 N–H and O–H groups in total. The molecule has 1 heterocycles. The van der Waals surface area contributed by atoms with Crippen LogP contribution in [0, 0.1) is 5.92 Å². The number of rotatable bonds is 5. The molecule has 0 bridgehead atoms. The van der Waals surface area contributed by atoms with Crippen LogP contribution in [0.15, 0.2) is 36.7 Å². The van der Waals surface area contributed by atoms with Crippen LogP contribution in [-0.4, -0.2) is 32.0 Å². The molecule has 6 nitrogen and oxygen atoms in total. The van der Waals surface area contributed by atoms with Crippen LogP contribution in [0.25, 0.3) is 0 Å². The lowest BCUT2D eigenvalue weighted by Gasteiger charge is -2.37. The zero-order valence-electron chi connectivity index (χ0n) is 13.0. The maximum absolute atomic E-state index is 12.4. The highest BCUT2D eigenvalue weighted by atomic mass is 16.3. The molecule has 1 amide bonds. The lowest BCUT2D eigenvalue weighted by molar-refractivity contribution is -0.122. The van der Waals surface area contributed by atoms with Gasteiger partial charge in [0.2, 0.25) is 5.91 Å². The molecule has 1 aliphatic rings. The summed E-state index contributed by atoms with van der Waals surface area (Å²) < 4.78 is 1.70. The summed E-state index contributed by atoms with van der Waals surface area (Å²) in [5.74, 6) is 0.184. The number of carbonyl (C=O) groups excluding carboxylic acids is 1. The number of para-hydroxylation sites is 1. The van der Waals surface area contributed by atoms with E-state index in [-0.39, 0.29) is 36.1 Å². The van der Waals surface area contributed by atoms with Gasteiger partial charge in [-0.2, -0.15) is 5.10 Å². The lowest BCUT2D eigenvalue weighted by Crippen LogP contribution is -2.41. The number of benzene rings is 1. The van der Waals surface area contributed by atoms with Gasteiger partial charge in [0.1, 0.15) is 5.75 Å². The van der Waals surface area contributed by atoms with Gasteiger partial charge in [-0.15, -0.1) is 0 Å². The van der Waals surface area contributed by atoms with Crippen molar-refractivity contribution in [1.82, 2.24) is 15.1 Å². The number of nitrogens with one attached hydrogen (secondary N) is 1. The molecule has 1 fully saturated rings. The Morgan fingerprint density at radius 3 is 2.78 bits per heavy atom. The molecule has 1 atom stereocenters. The highest BCUT2D eigenvalue weighted by Crippen LogP contribution is 2.38. The van der Waals surface area contributed by atoms with Gasteiger partial charge < -0.3 is 15.5 Å². The van der Waals surface area contributed by atoms with Gasteiger partial charge in [0.25, 0.3) is 0 Å². The molecule has 2 aromatic rings. The minimum absolute atomic E-state index is 0.124. The smallest absolute Gasteiger partial charge is 0.225 e. The van der Waals surface area contributed by atoms with Crippen molar-refractivity contribution in [1.29, 1.82) is 0 Å². The number of aryl methyl sites for hydroxylation is 1. The summed E-state index contributed by atoms with van der Waals surface area (Å²) in [6, 6.07) is 6.67. The van der Waals surface area contributed by atoms with E-state index in [9.17, 15) is 15.0 Å². The number of aromatic nitrogens is 2. The van der Waals surface area contributed by atoms with Gasteiger partial charge in [0.15, 0.2) is 0 Å². The molecular weight excluding hydrogens is 294 g/mol. The third kappa shape index (κ3) is 3.53. The second kappa shape index (κ2) is 6.42. The van der Waals surface area contributed by atoms with E-state index in [1.54, 1.807) is 35.1 Å². The Bertz CT molecular complexity index is 692. The molecule has 1 aromatic carbocycles. The SMILES string of the molecule is Cn1cc([C@@H](NC(=O)Cc2ccccc2O)C2CC(O)C2)cn1. The van der Waals surface area contributed by atoms with Crippen molar-refractivity contribution in [3.8, 4) is 5.75 Å². The van der Waals surface area contributed by atoms with E-state index in [1.807, 2.05) is 13.2 Å². The number of amides is 1. The standard InChI is InChI=1S/C17H21N3O3/c1-20-10-13(9-18-20)17(12-6-14(21)7-12)19-16(23)8-11-4-2-3-5-15(11)22/h2-5,9-10,12,14,17,21-22H,6-8H2,1H3,(H,19,23)/t12?,14?,17-/m0/s1. The Labute approximate surface area is 134 Å². The molecule has 122 valence electrons. The fourth-order valence-corrected chi connectivity index (χ4v) is 3.03. The number of phenols is 1. The molecule has 0 spiro atoms. The summed E-state index contributed by atoms with van der Waals surface area (Å²) in [7, 11) is 1.83. The first kappa shape index (κ1) is 15.6. The maximum atomic E-state index is 12.4. The number of aliphatic hydroxyl groups excluding tert-OH is 1. The van der Waals surface area contributed by atoms with Crippen LogP contribution in [0.1, 0.15) is 30.0 Å². The molecule has 0 saturated heterocycles. The van der Waals surface area contributed by atoms with Crippen molar-refractivity contribution in [3.05, 3.63) is 47.8 Å². The second-order valence-electron chi connectivity index (χ2n) is 6.18. The molecule has 0 radical (unpaired) electrons. The van der Waals surface area contributed by atoms with E-state index < -0.39 is 0 Å². The quantitative estimate of drug-likeness (QED) is 0.776. The zero-order valence-corrected chi connectivity index (χ0v) is 13.0. The first-order valence-electron chi connectivity index (χ1n) is 7.76. The lowest BCUT2D eigenvalue weighted by atomic mass is 9.75. The zero-order chi connectivity index (χ0) is 16.4. The van der Waals surface area contributed by atoms with Crippen molar-refractivity contribution >= 4 is 5.91 Å². The van der Waals surface area contributed by atoms with Crippen LogP contribution < -0.4 is 5.32 Å². The summed E-state index contributed by atoms with van der Waals surface area (Å²) >= 11 is 0. The van der Waals surface area contributed by atoms with Crippen LogP contribution in [0.4, 0.5) is 0 Å². The summed E-state index contributed by atoms with van der Waals surface area (Å²) in [5, 5.41) is 26.5. The first-order chi connectivity index (χ1) is 11.0. The van der Waals surface area contributed by atoms with E-state index in [1.165, 1.54) is 0 Å². The Morgan fingerprint density at radius 2 is 2.17 bits per heavy atom. The number of aliphatic hydroxyl groups is 1. The molecule has 23 heavy (non-hydrogen) atoms. The van der Waals surface area contributed by atoms with Crippen molar-refractivity contribution in [2.45, 2.75) is 31.4 Å². The number of carbonyl (C=O) groups is 1. The fourth-order valence-electron chi connectivity index (χ4n) is 3.03. The molecular formula is C17H21N3O3. The van der Waals surface area contributed by atoms with Gasteiger partial charge in [-0.05, 0) is 24.8 Å². The highest BCUT2D eigenvalue weighted by Gasteiger charge is 2.36. The monoisotopic (exact) mass is 315 g/mol. The Balaban J connectivity index is 1.71. The fraction of sp³-hybridized carbons (Fsp3) is 0.412. The molecule has 3 rings (SSSR count). The van der Waals surface area contributed by atoms with Crippen molar-refractivity contribution in [2.24, 2.45) is 13.0 Å². The van der Waals surface area contributed by atoms with E-state index >= 15 is 0 Å². The third-order valence-electron chi connectivity index (χ3n) is 4.36. The van der Waals surface area contributed by atoms with Gasteiger partial charge in [-0.3, -0.25) is 9.48 Å². The summed E-state index contributed by atoms with van der Waals surface area (Å²) in [6.07, 6.45) is 4.82. The third-order valence-corrected chi connectivity index (χ3v) is 4.36. The molecule has 1 aromatic heterocycles. The minimum Gasteiger partial charge on any atom is -0.508 e. The van der Waals surface area contributed by atoms with E-state index in [2.05, 4.69) is 10.4 Å². The van der Waals surface area contributed by atoms with Gasteiger partial charge in [0, 0.05) is 24.4 Å². The molecule has 1 aliphatic carbocycles. The predicted molar refractivity (Wildman–Crippen MR) is 84.6 cm³/mol. The number of phenolic OH excluding ortho intramolecular Hbond substituents is 1. The van der Waals surface area contributed by atoms with Gasteiger partial charge in [-0.1, -0.05) is 18.2 Å².